The van der Waals surface area contributed by atoms with Crippen LogP contribution in [-0.4, -0.2) is 8.92 Å². The van der Waals surface area contributed by atoms with Crippen LogP contribution in [0.25, 0.3) is 0 Å². The predicted octanol–water partition coefficient (Wildman–Crippen LogP) is 6.36. The summed E-state index contributed by atoms with van der Waals surface area (Å²) in [6.45, 7) is 14.8. The molecule has 1 N–H and O–H groups in total. The van der Waals surface area contributed by atoms with Crippen LogP contribution in [0.4, 0.5) is 0 Å². The molecule has 0 spiro atoms. The van der Waals surface area contributed by atoms with Crippen molar-refractivity contribution in [1.29, 1.82) is 0 Å². The second-order valence-electron chi connectivity index (χ2n) is 6.69. The van der Waals surface area contributed by atoms with Crippen molar-refractivity contribution in [2.75, 3.05) is 0 Å². The van der Waals surface area contributed by atoms with Gasteiger partial charge < -0.3 is 5.11 Å². The quantitative estimate of drug-likeness (QED) is 0.393. The minimum atomic E-state index is 0. The third-order valence-corrected chi connectivity index (χ3v) is 3.08. The van der Waals surface area contributed by atoms with Crippen molar-refractivity contribution in [3.05, 3.63) is 53.1 Å². The predicted molar refractivity (Wildman–Crippen MR) is 108 cm³/mol. The fourth-order valence-corrected chi connectivity index (χ4v) is 1.62. The van der Waals surface area contributed by atoms with Gasteiger partial charge in [-0.05, 0) is 23.1 Å². The summed E-state index contributed by atoms with van der Waals surface area (Å²) in [4.78, 5) is 0. The number of halogens is 2. The van der Waals surface area contributed by atoms with E-state index in [9.17, 15) is 5.11 Å². The van der Waals surface area contributed by atoms with Crippen molar-refractivity contribution in [1.82, 2.24) is 0 Å². The standard InChI is InChI=1S/C10H14O.C7H9.C3H6.2ClH.Ti/c1-10(2,3)8-5-4-6-9(11)7-8;1-6-4-3-5-7(6)2;1-3-2;;;/h4-7,11H,1-3H3;4H,3H2,1-2H3;1-2H3;2*1H;/q;-1;;;;+1. The molecule has 0 fully saturated rings. The van der Waals surface area contributed by atoms with Crippen LogP contribution in [-0.2, 0) is 25.4 Å². The fourth-order valence-electron chi connectivity index (χ4n) is 1.62. The van der Waals surface area contributed by atoms with Crippen LogP contribution >= 0.6 is 24.8 Å². The molecule has 24 heavy (non-hydrogen) atoms. The molecule has 1 aliphatic carbocycles. The Hall–Kier alpha value is -0.336. The van der Waals surface area contributed by atoms with Gasteiger partial charge in [-0.3, -0.25) is 6.08 Å². The maximum atomic E-state index is 9.18. The van der Waals surface area contributed by atoms with Gasteiger partial charge in [-0.1, -0.05) is 39.8 Å². The number of hydrogen-bond donors (Lipinski definition) is 1. The Bertz CT molecular complexity index is 535. The van der Waals surface area contributed by atoms with E-state index in [0.29, 0.717) is 5.75 Å². The molecule has 0 unspecified atom stereocenters. The van der Waals surface area contributed by atoms with Crippen LogP contribution in [0.1, 0.15) is 60.5 Å². The topological polar surface area (TPSA) is 20.2 Å². The van der Waals surface area contributed by atoms with Crippen molar-refractivity contribution in [3.63, 3.8) is 0 Å². The summed E-state index contributed by atoms with van der Waals surface area (Å²) < 4.78 is 1.42. The summed E-state index contributed by atoms with van der Waals surface area (Å²) in [5.74, 6) is 0.345. The number of allylic oxidation sites excluding steroid dienone is 4. The van der Waals surface area contributed by atoms with Crippen molar-refractivity contribution in [2.45, 2.75) is 60.3 Å². The summed E-state index contributed by atoms with van der Waals surface area (Å²) in [5, 5.41) is 9.18. The first-order valence-corrected chi connectivity index (χ1v) is 8.38. The molecule has 135 valence electrons. The molecule has 1 nitrogen and oxygen atoms in total. The molecule has 0 atom stereocenters. The van der Waals surface area contributed by atoms with Gasteiger partial charge in [0.1, 0.15) is 5.75 Å². The zero-order valence-corrected chi connectivity index (χ0v) is 19.1. The van der Waals surface area contributed by atoms with Gasteiger partial charge in [0.2, 0.25) is 0 Å². The molecule has 0 aromatic heterocycles. The minimum absolute atomic E-state index is 0. The first kappa shape index (κ1) is 28.5. The second-order valence-corrected chi connectivity index (χ2v) is 8.25. The smallest absolute Gasteiger partial charge is 0.147 e. The van der Waals surface area contributed by atoms with Gasteiger partial charge in [-0.25, -0.2) is 11.1 Å². The van der Waals surface area contributed by atoms with E-state index in [2.05, 4.69) is 80.6 Å². The first-order valence-electron chi connectivity index (χ1n) is 7.60. The average molecular weight is 406 g/mol. The average Bonchev–Trinajstić information content (AvgIpc) is 2.73. The van der Waals surface area contributed by atoms with E-state index in [-0.39, 0.29) is 30.2 Å². The Kier molecular flexibility index (Phi) is 16.5. The van der Waals surface area contributed by atoms with Crippen molar-refractivity contribution >= 4 is 28.6 Å². The zero-order valence-electron chi connectivity index (χ0n) is 15.9. The van der Waals surface area contributed by atoms with E-state index in [4.69, 9.17) is 0 Å². The number of aromatic hydroxyl groups is 1. The molecule has 0 heterocycles. The van der Waals surface area contributed by atoms with E-state index in [1.54, 1.807) is 12.1 Å². The van der Waals surface area contributed by atoms with Crippen molar-refractivity contribution in [2.24, 2.45) is 0 Å². The molecule has 0 radical (unpaired) electrons. The van der Waals surface area contributed by atoms with Crippen LogP contribution in [0.5, 0.6) is 5.75 Å². The van der Waals surface area contributed by atoms with Crippen molar-refractivity contribution in [3.8, 4) is 5.75 Å². The number of benzene rings is 1. The monoisotopic (exact) mass is 405 g/mol. The molecule has 0 amide bonds. The SMILES string of the molecule is CC(C)(C)c1cccc(O)c1.CC1=[C-]CC=C1C.C[C](C)=[Ti+].Cl.Cl. The molecular formula is C20H31Cl2OTi. The molecule has 4 heteroatoms. The Labute approximate surface area is 172 Å². The number of phenolic OH excluding ortho intramolecular Hbond substituents is 1. The van der Waals surface area contributed by atoms with Crippen LogP contribution in [0, 0.1) is 6.08 Å². The maximum absolute atomic E-state index is 9.18. The Morgan fingerprint density at radius 3 is 1.83 bits per heavy atom. The molecule has 0 saturated heterocycles. The molecule has 0 aliphatic heterocycles. The Balaban J connectivity index is -0.000000296. The summed E-state index contributed by atoms with van der Waals surface area (Å²) in [7, 11) is 0. The Morgan fingerprint density at radius 2 is 1.62 bits per heavy atom. The normalized spacial score (nSPS) is 12.0. The van der Waals surface area contributed by atoms with Crippen LogP contribution in [0.3, 0.4) is 0 Å². The molecule has 1 aromatic carbocycles. The molecular weight excluding hydrogens is 375 g/mol. The molecule has 0 bridgehead atoms. The summed E-state index contributed by atoms with van der Waals surface area (Å²) in [6, 6.07) is 7.39. The largest absolute Gasteiger partial charge is 0.147 e. The van der Waals surface area contributed by atoms with E-state index in [0.717, 1.165) is 12.0 Å². The second kappa shape index (κ2) is 13.9. The maximum Gasteiger partial charge on any atom is -0.147 e. The summed E-state index contributed by atoms with van der Waals surface area (Å²) >= 11 is 2.08. The van der Waals surface area contributed by atoms with E-state index >= 15 is 0 Å². The van der Waals surface area contributed by atoms with Crippen LogP contribution in [0.2, 0.25) is 0 Å². The molecule has 1 aromatic rings. The molecule has 0 saturated carbocycles. The van der Waals surface area contributed by atoms with Gasteiger partial charge in [-0.15, -0.1) is 38.2 Å². The summed E-state index contributed by atoms with van der Waals surface area (Å²) in [5.41, 5.74) is 4.00. The fraction of sp³-hybridized carbons (Fsp3) is 0.450. The van der Waals surface area contributed by atoms with Gasteiger partial charge in [0, 0.05) is 0 Å². The van der Waals surface area contributed by atoms with Gasteiger partial charge in [0.25, 0.3) is 0 Å². The minimum Gasteiger partial charge on any atom is -0.147 e. The molecule has 2 rings (SSSR count). The van der Waals surface area contributed by atoms with Crippen LogP contribution < -0.4 is 0 Å². The van der Waals surface area contributed by atoms with Gasteiger partial charge in [-0.2, -0.15) is 6.08 Å². The third kappa shape index (κ3) is 14.0. The van der Waals surface area contributed by atoms with Gasteiger partial charge >= 0.3 is 37.6 Å². The zero-order chi connectivity index (χ0) is 17.3. The van der Waals surface area contributed by atoms with Crippen LogP contribution in [0.15, 0.2) is 41.5 Å². The van der Waals surface area contributed by atoms with Gasteiger partial charge in [0.15, 0.2) is 0 Å². The van der Waals surface area contributed by atoms with E-state index in [1.165, 1.54) is 15.0 Å². The van der Waals surface area contributed by atoms with E-state index < -0.39 is 0 Å². The first-order chi connectivity index (χ1) is 10.0. The van der Waals surface area contributed by atoms with Crippen molar-refractivity contribution < 1.29 is 25.1 Å². The summed E-state index contributed by atoms with van der Waals surface area (Å²) in [6.07, 6.45) is 6.41. The number of hydrogen-bond acceptors (Lipinski definition) is 1. The number of phenols is 1. The third-order valence-electron chi connectivity index (χ3n) is 3.08. The van der Waals surface area contributed by atoms with E-state index in [1.807, 2.05) is 12.1 Å². The number of rotatable bonds is 0. The molecule has 1 aliphatic rings. The Morgan fingerprint density at radius 1 is 1.12 bits per heavy atom. The van der Waals surface area contributed by atoms with Gasteiger partial charge in [0.05, 0.1) is 0 Å².